The molecule has 0 unspecified atom stereocenters. The highest BCUT2D eigenvalue weighted by atomic mass is 35.5. The van der Waals surface area contributed by atoms with Crippen LogP contribution in [0.25, 0.3) is 0 Å². The maximum Gasteiger partial charge on any atom is 0.246 e. The number of aryl methyl sites for hydroxylation is 3. The number of nitrogens with one attached hydrogen (secondary N) is 1. The van der Waals surface area contributed by atoms with Crippen molar-refractivity contribution in [2.45, 2.75) is 58.4 Å². The number of piperidine rings is 1. The summed E-state index contributed by atoms with van der Waals surface area (Å²) in [6.45, 7) is 10.8. The van der Waals surface area contributed by atoms with E-state index in [1.54, 1.807) is 19.1 Å². The van der Waals surface area contributed by atoms with Crippen molar-refractivity contribution in [2.75, 3.05) is 19.7 Å². The van der Waals surface area contributed by atoms with E-state index in [4.69, 9.17) is 16.3 Å². The first-order valence-corrected chi connectivity index (χ1v) is 13.2. The molecule has 1 amide bonds. The summed E-state index contributed by atoms with van der Waals surface area (Å²) in [4.78, 5) is 13.1. The Labute approximate surface area is 202 Å². The summed E-state index contributed by atoms with van der Waals surface area (Å²) < 4.78 is 33.7. The van der Waals surface area contributed by atoms with Crippen molar-refractivity contribution in [3.05, 3.63) is 57.6 Å². The first-order valence-electron chi connectivity index (χ1n) is 11.3. The third-order valence-corrected chi connectivity index (χ3v) is 8.41. The van der Waals surface area contributed by atoms with Crippen LogP contribution in [-0.4, -0.2) is 38.3 Å². The van der Waals surface area contributed by atoms with Crippen LogP contribution in [0.4, 0.5) is 0 Å². The molecular weight excluding hydrogens is 460 g/mol. The van der Waals surface area contributed by atoms with Crippen molar-refractivity contribution in [2.24, 2.45) is 5.92 Å². The first kappa shape index (κ1) is 25.5. The standard InChI is InChI=1S/C25H33ClN2O4S/c1-6-32-23-10-9-21(26)14-24(23)33(30,31)28-11-7-8-20(15-28)25(29)27-19(5)22-13-17(3)16(2)12-18(22)4/h9-10,12-14,19-20H,6-8,11,15H2,1-5H3,(H,27,29)/t19-,20-/m1/s1. The van der Waals surface area contributed by atoms with Crippen molar-refractivity contribution in [1.29, 1.82) is 0 Å². The Kier molecular flexibility index (Phi) is 8.08. The predicted molar refractivity (Wildman–Crippen MR) is 131 cm³/mol. The molecule has 0 spiro atoms. The van der Waals surface area contributed by atoms with Gasteiger partial charge in [0.15, 0.2) is 0 Å². The molecule has 1 heterocycles. The fourth-order valence-corrected chi connectivity index (χ4v) is 6.25. The van der Waals surface area contributed by atoms with E-state index in [9.17, 15) is 13.2 Å². The molecule has 0 radical (unpaired) electrons. The molecule has 2 aromatic carbocycles. The molecule has 1 aliphatic rings. The lowest BCUT2D eigenvalue weighted by Gasteiger charge is -2.32. The molecule has 1 aliphatic heterocycles. The molecule has 2 aromatic rings. The van der Waals surface area contributed by atoms with Crippen LogP contribution in [0.1, 0.15) is 55.0 Å². The molecule has 33 heavy (non-hydrogen) atoms. The molecule has 8 heteroatoms. The van der Waals surface area contributed by atoms with Gasteiger partial charge in [-0.15, -0.1) is 0 Å². The summed E-state index contributed by atoms with van der Waals surface area (Å²) in [6, 6.07) is 8.66. The topological polar surface area (TPSA) is 75.7 Å². The zero-order valence-corrected chi connectivity index (χ0v) is 21.5. The monoisotopic (exact) mass is 492 g/mol. The number of ether oxygens (including phenoxy) is 1. The van der Waals surface area contributed by atoms with E-state index >= 15 is 0 Å². The van der Waals surface area contributed by atoms with Crippen molar-refractivity contribution >= 4 is 27.5 Å². The average molecular weight is 493 g/mol. The maximum atomic E-state index is 13.4. The van der Waals surface area contributed by atoms with Crippen LogP contribution in [0, 0.1) is 26.7 Å². The highest BCUT2D eigenvalue weighted by molar-refractivity contribution is 7.89. The molecule has 6 nitrogen and oxygen atoms in total. The molecule has 2 atom stereocenters. The van der Waals surface area contributed by atoms with Crippen molar-refractivity contribution in [1.82, 2.24) is 9.62 Å². The highest BCUT2D eigenvalue weighted by Crippen LogP contribution is 2.32. The molecule has 180 valence electrons. The minimum atomic E-state index is -3.86. The molecule has 0 aliphatic carbocycles. The fourth-order valence-electron chi connectivity index (χ4n) is 4.33. The van der Waals surface area contributed by atoms with Gasteiger partial charge >= 0.3 is 0 Å². The zero-order chi connectivity index (χ0) is 24.3. The number of sulfonamides is 1. The predicted octanol–water partition coefficient (Wildman–Crippen LogP) is 4.94. The van der Waals surface area contributed by atoms with Crippen LogP contribution in [0.15, 0.2) is 35.2 Å². The van der Waals surface area contributed by atoms with Gasteiger partial charge in [-0.2, -0.15) is 4.31 Å². The SMILES string of the molecule is CCOc1ccc(Cl)cc1S(=O)(=O)N1CCC[C@@H](C(=O)N[C@H](C)c2cc(C)c(C)cc2C)C1. The van der Waals surface area contributed by atoms with E-state index in [0.717, 1.165) is 11.1 Å². The van der Waals surface area contributed by atoms with Crippen LogP contribution < -0.4 is 10.1 Å². The van der Waals surface area contributed by atoms with Gasteiger partial charge in [0, 0.05) is 18.1 Å². The van der Waals surface area contributed by atoms with Gasteiger partial charge in [0.1, 0.15) is 10.6 Å². The molecule has 0 saturated carbocycles. The molecule has 0 bridgehead atoms. The summed E-state index contributed by atoms with van der Waals surface area (Å²) in [7, 11) is -3.86. The number of halogens is 1. The van der Waals surface area contributed by atoms with E-state index in [2.05, 4.69) is 31.3 Å². The minimum Gasteiger partial charge on any atom is -0.492 e. The van der Waals surface area contributed by atoms with Crippen LogP contribution in [-0.2, 0) is 14.8 Å². The molecular formula is C25H33ClN2O4S. The molecule has 3 rings (SSSR count). The average Bonchev–Trinajstić information content (AvgIpc) is 2.77. The van der Waals surface area contributed by atoms with E-state index in [1.165, 1.54) is 21.5 Å². The molecule has 0 aromatic heterocycles. The third kappa shape index (κ3) is 5.70. The van der Waals surface area contributed by atoms with Crippen LogP contribution in [0.2, 0.25) is 5.02 Å². The number of carbonyl (C=O) groups excluding carboxylic acids is 1. The summed E-state index contributed by atoms with van der Waals surface area (Å²) in [5, 5.41) is 3.42. The second-order valence-electron chi connectivity index (χ2n) is 8.75. The van der Waals surface area contributed by atoms with Gasteiger partial charge in [-0.3, -0.25) is 4.79 Å². The third-order valence-electron chi connectivity index (χ3n) is 6.29. The van der Waals surface area contributed by atoms with Crippen molar-refractivity contribution in [3.8, 4) is 5.75 Å². The molecule has 1 N–H and O–H groups in total. The Morgan fingerprint density at radius 2 is 1.88 bits per heavy atom. The lowest BCUT2D eigenvalue weighted by molar-refractivity contribution is -0.126. The Morgan fingerprint density at radius 1 is 1.18 bits per heavy atom. The summed E-state index contributed by atoms with van der Waals surface area (Å²) in [5.41, 5.74) is 4.60. The number of hydrogen-bond donors (Lipinski definition) is 1. The van der Waals surface area contributed by atoms with Gasteiger partial charge in [-0.05, 0) is 87.9 Å². The quantitative estimate of drug-likeness (QED) is 0.593. The van der Waals surface area contributed by atoms with E-state index in [-0.39, 0.29) is 29.1 Å². The van der Waals surface area contributed by atoms with Crippen LogP contribution in [0.5, 0.6) is 5.75 Å². The lowest BCUT2D eigenvalue weighted by Crippen LogP contribution is -2.45. The normalized spacial score (nSPS) is 18.1. The smallest absolute Gasteiger partial charge is 0.246 e. The summed E-state index contributed by atoms with van der Waals surface area (Å²) >= 11 is 6.09. The van der Waals surface area contributed by atoms with Crippen molar-refractivity contribution < 1.29 is 17.9 Å². The van der Waals surface area contributed by atoms with Gasteiger partial charge in [-0.25, -0.2) is 8.42 Å². The zero-order valence-electron chi connectivity index (χ0n) is 19.9. The number of hydrogen-bond acceptors (Lipinski definition) is 4. The van der Waals surface area contributed by atoms with E-state index < -0.39 is 15.9 Å². The van der Waals surface area contributed by atoms with Crippen LogP contribution >= 0.6 is 11.6 Å². The molecule has 1 fully saturated rings. The minimum absolute atomic E-state index is 0.0389. The number of nitrogens with zero attached hydrogens (tertiary/aromatic N) is 1. The highest BCUT2D eigenvalue weighted by Gasteiger charge is 2.35. The van der Waals surface area contributed by atoms with E-state index in [1.807, 2.05) is 13.8 Å². The van der Waals surface area contributed by atoms with Gasteiger partial charge in [-0.1, -0.05) is 23.7 Å². The lowest BCUT2D eigenvalue weighted by atomic mass is 9.95. The Hall–Kier alpha value is -2.09. The second kappa shape index (κ2) is 10.5. The van der Waals surface area contributed by atoms with Gasteiger partial charge in [0.25, 0.3) is 0 Å². The van der Waals surface area contributed by atoms with Gasteiger partial charge in [0.2, 0.25) is 15.9 Å². The Bertz CT molecular complexity index is 1130. The largest absolute Gasteiger partial charge is 0.492 e. The van der Waals surface area contributed by atoms with Gasteiger partial charge < -0.3 is 10.1 Å². The maximum absolute atomic E-state index is 13.4. The number of amides is 1. The second-order valence-corrected chi connectivity index (χ2v) is 11.1. The van der Waals surface area contributed by atoms with Crippen LogP contribution in [0.3, 0.4) is 0 Å². The number of benzene rings is 2. The summed E-state index contributed by atoms with van der Waals surface area (Å²) in [5.74, 6) is -0.277. The molecule has 1 saturated heterocycles. The van der Waals surface area contributed by atoms with Gasteiger partial charge in [0.05, 0.1) is 18.6 Å². The summed E-state index contributed by atoms with van der Waals surface area (Å²) in [6.07, 6.45) is 1.25. The van der Waals surface area contributed by atoms with Crippen molar-refractivity contribution in [3.63, 3.8) is 0 Å². The van der Waals surface area contributed by atoms with E-state index in [0.29, 0.717) is 31.0 Å². The number of rotatable bonds is 7. The fraction of sp³-hybridized carbons (Fsp3) is 0.480. The number of carbonyl (C=O) groups is 1. The first-order chi connectivity index (χ1) is 15.5. The Balaban J connectivity index is 1.77. The Morgan fingerprint density at radius 3 is 2.58 bits per heavy atom.